The molecule has 4 nitrogen and oxygen atoms in total. The number of rotatable bonds is 6. The van der Waals surface area contributed by atoms with Gasteiger partial charge in [-0.25, -0.2) is 4.98 Å². The number of amides is 1. The van der Waals surface area contributed by atoms with Gasteiger partial charge < -0.3 is 9.73 Å². The molecular weight excluding hydrogens is 274 g/mol. The number of allylic oxidation sites excluding steroid dienone is 1. The normalized spacial score (nSPS) is 10.4. The lowest BCUT2D eigenvalue weighted by molar-refractivity contribution is -0.105. The fraction of sp³-hybridized carbons (Fsp3) is 0.167. The van der Waals surface area contributed by atoms with Crippen LogP contribution < -0.4 is 5.32 Å². The number of anilines is 1. The molecule has 0 atom stereocenters. The molecule has 0 aliphatic carbocycles. The molecule has 0 aliphatic heterocycles. The SMILES string of the molecule is O=CNc1ccc2nc(SCCC=C(F)F)oc2c1. The molecule has 1 aromatic heterocycles. The van der Waals surface area contributed by atoms with Crippen molar-refractivity contribution in [3.05, 3.63) is 30.4 Å². The molecule has 1 heterocycles. The fourth-order valence-electron chi connectivity index (χ4n) is 1.44. The monoisotopic (exact) mass is 284 g/mol. The van der Waals surface area contributed by atoms with Gasteiger partial charge in [-0.3, -0.25) is 4.79 Å². The third-order valence-corrected chi connectivity index (χ3v) is 3.10. The van der Waals surface area contributed by atoms with Crippen molar-refractivity contribution in [1.29, 1.82) is 0 Å². The number of carbonyl (C=O) groups excluding carboxylic acids is 1. The van der Waals surface area contributed by atoms with Gasteiger partial charge in [0.05, 0.1) is 0 Å². The van der Waals surface area contributed by atoms with Gasteiger partial charge >= 0.3 is 0 Å². The summed E-state index contributed by atoms with van der Waals surface area (Å²) in [6.07, 6.45) is 0.0129. The molecule has 2 rings (SSSR count). The van der Waals surface area contributed by atoms with Crippen LogP contribution >= 0.6 is 11.8 Å². The first-order valence-electron chi connectivity index (χ1n) is 5.44. The summed E-state index contributed by atoms with van der Waals surface area (Å²) in [4.78, 5) is 14.5. The van der Waals surface area contributed by atoms with Crippen molar-refractivity contribution in [2.45, 2.75) is 11.6 Å². The minimum absolute atomic E-state index is 0.254. The maximum Gasteiger partial charge on any atom is 0.266 e. The predicted octanol–water partition coefficient (Wildman–Crippen LogP) is 3.66. The molecule has 0 spiro atoms. The average molecular weight is 284 g/mol. The summed E-state index contributed by atoms with van der Waals surface area (Å²) in [5.74, 6) is 0.462. The summed E-state index contributed by atoms with van der Waals surface area (Å²) in [5, 5.41) is 2.93. The molecule has 0 unspecified atom stereocenters. The molecule has 0 radical (unpaired) electrons. The molecule has 7 heteroatoms. The van der Waals surface area contributed by atoms with Gasteiger partial charge in [0.2, 0.25) is 6.41 Å². The molecule has 0 aliphatic rings. The molecule has 0 saturated heterocycles. The average Bonchev–Trinajstić information content (AvgIpc) is 2.77. The lowest BCUT2D eigenvalue weighted by atomic mass is 10.3. The van der Waals surface area contributed by atoms with E-state index in [1.54, 1.807) is 18.2 Å². The fourth-order valence-corrected chi connectivity index (χ4v) is 2.16. The van der Waals surface area contributed by atoms with Gasteiger partial charge in [0.1, 0.15) is 5.52 Å². The minimum atomic E-state index is -1.68. The van der Waals surface area contributed by atoms with Gasteiger partial charge in [-0.15, -0.1) is 0 Å². The second kappa shape index (κ2) is 6.33. The maximum absolute atomic E-state index is 11.8. The number of aromatic nitrogens is 1. The summed E-state index contributed by atoms with van der Waals surface area (Å²) < 4.78 is 29.1. The van der Waals surface area contributed by atoms with Gasteiger partial charge in [0.25, 0.3) is 11.3 Å². The van der Waals surface area contributed by atoms with Gasteiger partial charge in [-0.05, 0) is 24.6 Å². The van der Waals surface area contributed by atoms with E-state index in [0.29, 0.717) is 34.2 Å². The van der Waals surface area contributed by atoms with Crippen LogP contribution in [0.2, 0.25) is 0 Å². The van der Waals surface area contributed by atoms with Gasteiger partial charge in [-0.1, -0.05) is 11.8 Å². The van der Waals surface area contributed by atoms with Crippen LogP contribution in [-0.2, 0) is 4.79 Å². The summed E-state index contributed by atoms with van der Waals surface area (Å²) in [5.41, 5.74) is 1.81. The summed E-state index contributed by atoms with van der Waals surface area (Å²) in [6.45, 7) is 0. The van der Waals surface area contributed by atoms with Crippen molar-refractivity contribution in [3.8, 4) is 0 Å². The highest BCUT2D eigenvalue weighted by atomic mass is 32.2. The van der Waals surface area contributed by atoms with Crippen LogP contribution in [0, 0.1) is 0 Å². The molecule has 2 aromatic rings. The summed E-state index contributed by atoms with van der Waals surface area (Å²) in [6, 6.07) is 5.08. The van der Waals surface area contributed by atoms with E-state index >= 15 is 0 Å². The van der Waals surface area contributed by atoms with E-state index in [-0.39, 0.29) is 6.42 Å². The number of nitrogens with one attached hydrogen (secondary N) is 1. The Balaban J connectivity index is 2.04. The molecule has 19 heavy (non-hydrogen) atoms. The van der Waals surface area contributed by atoms with Gasteiger partial charge in [-0.2, -0.15) is 8.78 Å². The van der Waals surface area contributed by atoms with Crippen molar-refractivity contribution >= 4 is 35.0 Å². The summed E-state index contributed by atoms with van der Waals surface area (Å²) >= 11 is 1.26. The highest BCUT2D eigenvalue weighted by Crippen LogP contribution is 2.26. The predicted molar refractivity (Wildman–Crippen MR) is 69.3 cm³/mol. The Kier molecular flexibility index (Phi) is 4.51. The number of nitrogens with zero attached hydrogens (tertiary/aromatic N) is 1. The van der Waals surface area contributed by atoms with E-state index in [1.165, 1.54) is 11.8 Å². The van der Waals surface area contributed by atoms with Crippen LogP contribution in [0.25, 0.3) is 11.1 Å². The maximum atomic E-state index is 11.8. The Bertz CT molecular complexity index is 609. The first kappa shape index (κ1) is 13.5. The van der Waals surface area contributed by atoms with Gasteiger partial charge in [0, 0.05) is 17.5 Å². The quantitative estimate of drug-likeness (QED) is 0.499. The molecule has 1 aromatic carbocycles. The molecule has 100 valence electrons. The van der Waals surface area contributed by atoms with Crippen molar-refractivity contribution in [2.75, 3.05) is 11.1 Å². The number of hydrogen-bond acceptors (Lipinski definition) is 4. The Morgan fingerprint density at radius 3 is 3.05 bits per heavy atom. The van der Waals surface area contributed by atoms with Crippen LogP contribution in [0.3, 0.4) is 0 Å². The number of hydrogen-bond donors (Lipinski definition) is 1. The van der Waals surface area contributed by atoms with Crippen molar-refractivity contribution in [3.63, 3.8) is 0 Å². The smallest absolute Gasteiger partial charge is 0.266 e. The summed E-state index contributed by atoms with van der Waals surface area (Å²) in [7, 11) is 0. The van der Waals surface area contributed by atoms with E-state index in [0.717, 1.165) is 6.08 Å². The number of benzene rings is 1. The highest BCUT2D eigenvalue weighted by Gasteiger charge is 2.06. The second-order valence-corrected chi connectivity index (χ2v) is 4.60. The lowest BCUT2D eigenvalue weighted by Gasteiger charge is -1.95. The Morgan fingerprint density at radius 1 is 1.47 bits per heavy atom. The molecule has 0 saturated carbocycles. The highest BCUT2D eigenvalue weighted by molar-refractivity contribution is 7.99. The van der Waals surface area contributed by atoms with Crippen LogP contribution in [-0.4, -0.2) is 17.1 Å². The first-order chi connectivity index (χ1) is 9.19. The number of halogens is 2. The lowest BCUT2D eigenvalue weighted by Crippen LogP contribution is -1.92. The minimum Gasteiger partial charge on any atom is -0.431 e. The Labute approximate surface area is 111 Å². The first-order valence-corrected chi connectivity index (χ1v) is 6.42. The van der Waals surface area contributed by atoms with Crippen LogP contribution in [0.5, 0.6) is 0 Å². The van der Waals surface area contributed by atoms with Crippen LogP contribution in [0.1, 0.15) is 6.42 Å². The molecule has 0 fully saturated rings. The third-order valence-electron chi connectivity index (χ3n) is 2.24. The van der Waals surface area contributed by atoms with Crippen molar-refractivity contribution < 1.29 is 18.0 Å². The van der Waals surface area contributed by atoms with Crippen LogP contribution in [0.4, 0.5) is 14.5 Å². The Hall–Kier alpha value is -1.89. The zero-order valence-corrected chi connectivity index (χ0v) is 10.5. The number of fused-ring (bicyclic) bond motifs is 1. The van der Waals surface area contributed by atoms with Crippen LogP contribution in [0.15, 0.2) is 40.0 Å². The van der Waals surface area contributed by atoms with Crippen molar-refractivity contribution in [2.24, 2.45) is 0 Å². The van der Waals surface area contributed by atoms with E-state index in [9.17, 15) is 13.6 Å². The number of carbonyl (C=O) groups is 1. The zero-order valence-electron chi connectivity index (χ0n) is 9.73. The number of thioether (sulfide) groups is 1. The standard InChI is InChI=1S/C12H10F2N2O2S/c13-11(14)2-1-5-19-12-16-9-4-3-8(15-7-17)6-10(9)18-12/h2-4,6-7H,1,5H2,(H,15,17). The van der Waals surface area contributed by atoms with E-state index < -0.39 is 6.08 Å². The van der Waals surface area contributed by atoms with Gasteiger partial charge in [0.15, 0.2) is 5.58 Å². The van der Waals surface area contributed by atoms with E-state index in [1.807, 2.05) is 0 Å². The molecule has 1 N–H and O–H groups in total. The molecular formula is C12H10F2N2O2S. The molecule has 0 bridgehead atoms. The number of oxazole rings is 1. The van der Waals surface area contributed by atoms with Crippen molar-refractivity contribution in [1.82, 2.24) is 4.98 Å². The third kappa shape index (κ3) is 3.78. The van der Waals surface area contributed by atoms with E-state index in [2.05, 4.69) is 10.3 Å². The second-order valence-electron chi connectivity index (χ2n) is 3.56. The largest absolute Gasteiger partial charge is 0.431 e. The molecule has 1 amide bonds. The zero-order chi connectivity index (χ0) is 13.7. The van der Waals surface area contributed by atoms with E-state index in [4.69, 9.17) is 4.42 Å². The topological polar surface area (TPSA) is 55.1 Å². The Morgan fingerprint density at radius 2 is 2.32 bits per heavy atom.